The fourth-order valence-electron chi connectivity index (χ4n) is 2.15. The molecule has 0 spiro atoms. The fraction of sp³-hybridized carbons (Fsp3) is 0.222. The Bertz CT molecular complexity index is 593. The highest BCUT2D eigenvalue weighted by Gasteiger charge is 2.14. The van der Waals surface area contributed by atoms with Crippen molar-refractivity contribution in [3.63, 3.8) is 0 Å². The Morgan fingerprint density at radius 2 is 1.86 bits per heavy atom. The van der Waals surface area contributed by atoms with E-state index in [-0.39, 0.29) is 6.10 Å². The zero-order valence-electron chi connectivity index (χ0n) is 12.5. The fourth-order valence-corrected chi connectivity index (χ4v) is 2.15. The molecule has 0 aromatic heterocycles. The summed E-state index contributed by atoms with van der Waals surface area (Å²) in [7, 11) is 1.64. The Morgan fingerprint density at radius 1 is 1.10 bits per heavy atom. The summed E-state index contributed by atoms with van der Waals surface area (Å²) in [4.78, 5) is 0. The first kappa shape index (κ1) is 15.1. The van der Waals surface area contributed by atoms with Gasteiger partial charge >= 0.3 is 0 Å². The molecule has 2 aromatic rings. The molecular formula is C18H21NO2. The van der Waals surface area contributed by atoms with Crippen molar-refractivity contribution in [1.82, 2.24) is 0 Å². The zero-order valence-corrected chi connectivity index (χ0v) is 12.5. The molecule has 2 aromatic carbocycles. The molecule has 0 saturated carbocycles. The van der Waals surface area contributed by atoms with Gasteiger partial charge in [-0.25, -0.2) is 0 Å². The number of hydrogen-bond donors (Lipinski definition) is 1. The lowest BCUT2D eigenvalue weighted by Gasteiger charge is -2.19. The Kier molecular flexibility index (Phi) is 5.41. The SMILES string of the molecule is CC=Cc1ccc(OC(CN)c2ccccc2)c(OC)c1. The highest BCUT2D eigenvalue weighted by molar-refractivity contribution is 5.55. The van der Waals surface area contributed by atoms with Crippen LogP contribution in [0.3, 0.4) is 0 Å². The minimum atomic E-state index is -0.187. The Labute approximate surface area is 126 Å². The summed E-state index contributed by atoms with van der Waals surface area (Å²) in [6.45, 7) is 2.39. The number of benzene rings is 2. The van der Waals surface area contributed by atoms with Crippen LogP contribution in [0.1, 0.15) is 24.2 Å². The van der Waals surface area contributed by atoms with Gasteiger partial charge in [-0.15, -0.1) is 0 Å². The Morgan fingerprint density at radius 3 is 2.48 bits per heavy atom. The lowest BCUT2D eigenvalue weighted by molar-refractivity contribution is 0.204. The first-order valence-corrected chi connectivity index (χ1v) is 7.01. The lowest BCUT2D eigenvalue weighted by Crippen LogP contribution is -2.18. The summed E-state index contributed by atoms with van der Waals surface area (Å²) < 4.78 is 11.4. The Hall–Kier alpha value is -2.26. The summed E-state index contributed by atoms with van der Waals surface area (Å²) in [5.41, 5.74) is 7.97. The third-order valence-corrected chi connectivity index (χ3v) is 3.20. The van der Waals surface area contributed by atoms with Gasteiger partial charge in [-0.2, -0.15) is 0 Å². The molecule has 0 radical (unpaired) electrons. The van der Waals surface area contributed by atoms with Gasteiger partial charge in [-0.05, 0) is 30.2 Å². The number of methoxy groups -OCH3 is 1. The maximum atomic E-state index is 6.03. The van der Waals surface area contributed by atoms with E-state index >= 15 is 0 Å². The van der Waals surface area contributed by atoms with Gasteiger partial charge < -0.3 is 15.2 Å². The molecule has 2 rings (SSSR count). The van der Waals surface area contributed by atoms with Crippen LogP contribution in [0.5, 0.6) is 11.5 Å². The summed E-state index contributed by atoms with van der Waals surface area (Å²) in [5, 5.41) is 0. The molecule has 1 atom stereocenters. The van der Waals surface area contributed by atoms with Crippen molar-refractivity contribution < 1.29 is 9.47 Å². The van der Waals surface area contributed by atoms with E-state index in [0.29, 0.717) is 18.0 Å². The Balaban J connectivity index is 2.25. The van der Waals surface area contributed by atoms with E-state index in [9.17, 15) is 0 Å². The molecule has 2 N–H and O–H groups in total. The highest BCUT2D eigenvalue weighted by atomic mass is 16.5. The van der Waals surface area contributed by atoms with Crippen LogP contribution >= 0.6 is 0 Å². The first-order chi connectivity index (χ1) is 10.3. The van der Waals surface area contributed by atoms with Crippen LogP contribution in [0.4, 0.5) is 0 Å². The topological polar surface area (TPSA) is 44.5 Å². The second kappa shape index (κ2) is 7.50. The molecule has 1 unspecified atom stereocenters. The molecule has 0 aliphatic carbocycles. The number of ether oxygens (including phenoxy) is 2. The standard InChI is InChI=1S/C18H21NO2/c1-3-7-14-10-11-16(17(12-14)20-2)21-18(13-19)15-8-5-4-6-9-15/h3-12,18H,13,19H2,1-2H3. The van der Waals surface area contributed by atoms with Crippen molar-refractivity contribution in [2.45, 2.75) is 13.0 Å². The van der Waals surface area contributed by atoms with E-state index in [1.54, 1.807) is 7.11 Å². The average molecular weight is 283 g/mol. The predicted octanol–water partition coefficient (Wildman–Crippen LogP) is 3.81. The molecule has 0 aliphatic heterocycles. The second-order valence-electron chi connectivity index (χ2n) is 4.66. The number of nitrogens with two attached hydrogens (primary N) is 1. The largest absolute Gasteiger partial charge is 0.493 e. The lowest BCUT2D eigenvalue weighted by atomic mass is 10.1. The maximum absolute atomic E-state index is 6.03. The maximum Gasteiger partial charge on any atom is 0.162 e. The van der Waals surface area contributed by atoms with Gasteiger partial charge in [0.25, 0.3) is 0 Å². The van der Waals surface area contributed by atoms with Crippen LogP contribution in [-0.4, -0.2) is 13.7 Å². The van der Waals surface area contributed by atoms with Crippen molar-refractivity contribution in [2.75, 3.05) is 13.7 Å². The van der Waals surface area contributed by atoms with Gasteiger partial charge in [0.2, 0.25) is 0 Å². The quantitative estimate of drug-likeness (QED) is 0.876. The van der Waals surface area contributed by atoms with E-state index in [0.717, 1.165) is 11.1 Å². The van der Waals surface area contributed by atoms with E-state index in [1.165, 1.54) is 0 Å². The van der Waals surface area contributed by atoms with Crippen LogP contribution in [0.2, 0.25) is 0 Å². The number of hydrogen-bond acceptors (Lipinski definition) is 3. The molecule has 0 saturated heterocycles. The van der Waals surface area contributed by atoms with Crippen molar-refractivity contribution in [3.05, 3.63) is 65.7 Å². The highest BCUT2D eigenvalue weighted by Crippen LogP contribution is 2.32. The molecule has 0 amide bonds. The molecule has 0 aliphatic rings. The molecule has 0 heterocycles. The van der Waals surface area contributed by atoms with Crippen molar-refractivity contribution >= 4 is 6.08 Å². The first-order valence-electron chi connectivity index (χ1n) is 7.01. The molecular weight excluding hydrogens is 262 g/mol. The molecule has 0 fully saturated rings. The summed E-state index contributed by atoms with van der Waals surface area (Å²) in [6.07, 6.45) is 3.82. The smallest absolute Gasteiger partial charge is 0.162 e. The van der Waals surface area contributed by atoms with Crippen LogP contribution in [0, 0.1) is 0 Å². The number of rotatable bonds is 6. The van der Waals surface area contributed by atoms with Crippen molar-refractivity contribution in [1.29, 1.82) is 0 Å². The van der Waals surface area contributed by atoms with E-state index in [1.807, 2.05) is 67.6 Å². The molecule has 3 heteroatoms. The molecule has 0 bridgehead atoms. The third kappa shape index (κ3) is 3.86. The molecule has 21 heavy (non-hydrogen) atoms. The van der Waals surface area contributed by atoms with Gasteiger partial charge in [0.15, 0.2) is 11.5 Å². The molecule has 3 nitrogen and oxygen atoms in total. The minimum Gasteiger partial charge on any atom is -0.493 e. The predicted molar refractivity (Wildman–Crippen MR) is 86.6 cm³/mol. The second-order valence-corrected chi connectivity index (χ2v) is 4.66. The van der Waals surface area contributed by atoms with E-state index in [4.69, 9.17) is 15.2 Å². The normalized spacial score (nSPS) is 12.3. The monoisotopic (exact) mass is 283 g/mol. The van der Waals surface area contributed by atoms with Gasteiger partial charge in [0, 0.05) is 6.54 Å². The molecule has 110 valence electrons. The van der Waals surface area contributed by atoms with Gasteiger partial charge in [-0.1, -0.05) is 48.6 Å². The van der Waals surface area contributed by atoms with Crippen molar-refractivity contribution in [2.24, 2.45) is 5.73 Å². The van der Waals surface area contributed by atoms with Crippen molar-refractivity contribution in [3.8, 4) is 11.5 Å². The minimum absolute atomic E-state index is 0.187. The summed E-state index contributed by atoms with van der Waals surface area (Å²) >= 11 is 0. The van der Waals surface area contributed by atoms with E-state index < -0.39 is 0 Å². The van der Waals surface area contributed by atoms with Gasteiger partial charge in [0.05, 0.1) is 7.11 Å². The van der Waals surface area contributed by atoms with Crippen LogP contribution < -0.4 is 15.2 Å². The summed E-state index contributed by atoms with van der Waals surface area (Å²) in [5.74, 6) is 1.41. The van der Waals surface area contributed by atoms with Gasteiger partial charge in [0.1, 0.15) is 6.10 Å². The van der Waals surface area contributed by atoms with E-state index in [2.05, 4.69) is 0 Å². The third-order valence-electron chi connectivity index (χ3n) is 3.20. The van der Waals surface area contributed by atoms with Gasteiger partial charge in [-0.3, -0.25) is 0 Å². The average Bonchev–Trinajstić information content (AvgIpc) is 2.54. The zero-order chi connectivity index (χ0) is 15.1. The van der Waals surface area contributed by atoms with Crippen LogP contribution in [0.15, 0.2) is 54.6 Å². The van der Waals surface area contributed by atoms with Crippen LogP contribution in [0.25, 0.3) is 6.08 Å². The number of allylic oxidation sites excluding steroid dienone is 1. The summed E-state index contributed by atoms with van der Waals surface area (Å²) in [6, 6.07) is 15.8. The van der Waals surface area contributed by atoms with Crippen LogP contribution in [-0.2, 0) is 0 Å².